The number of carboxylic acids is 1. The van der Waals surface area contributed by atoms with E-state index in [1.165, 1.54) is 0 Å². The van der Waals surface area contributed by atoms with E-state index in [0.717, 1.165) is 12.8 Å². The van der Waals surface area contributed by atoms with Crippen LogP contribution in [0.4, 0.5) is 4.79 Å². The molecule has 1 fully saturated rings. The summed E-state index contributed by atoms with van der Waals surface area (Å²) in [6.07, 6.45) is 0.0901. The fraction of sp³-hybridized carbons (Fsp3) is 0.800. The number of aliphatic carboxylic acids is 1. The first-order chi connectivity index (χ1) is 7.93. The van der Waals surface area contributed by atoms with E-state index in [1.807, 2.05) is 6.92 Å². The van der Waals surface area contributed by atoms with Crippen molar-refractivity contribution in [2.45, 2.75) is 31.4 Å². The monoisotopic (exact) mass is 246 g/mol. The number of hydrogen-bond donors (Lipinski definition) is 4. The number of aliphatic hydroxyl groups is 1. The molecule has 1 rings (SSSR count). The molecule has 7 nitrogen and oxygen atoms in total. The summed E-state index contributed by atoms with van der Waals surface area (Å²) in [4.78, 5) is 21.8. The van der Waals surface area contributed by atoms with Gasteiger partial charge < -0.3 is 25.6 Å². The summed E-state index contributed by atoms with van der Waals surface area (Å²) in [7, 11) is 0. The Morgan fingerprint density at radius 2 is 2.24 bits per heavy atom. The van der Waals surface area contributed by atoms with E-state index in [1.54, 1.807) is 0 Å². The van der Waals surface area contributed by atoms with Crippen molar-refractivity contribution in [3.05, 3.63) is 0 Å². The Morgan fingerprint density at radius 3 is 2.76 bits per heavy atom. The van der Waals surface area contributed by atoms with Crippen LogP contribution in [0.1, 0.15) is 19.8 Å². The summed E-state index contributed by atoms with van der Waals surface area (Å²) < 4.78 is 5.26. The molecule has 0 aromatic rings. The van der Waals surface area contributed by atoms with Gasteiger partial charge in [-0.1, -0.05) is 0 Å². The van der Waals surface area contributed by atoms with Crippen molar-refractivity contribution in [3.8, 4) is 0 Å². The van der Waals surface area contributed by atoms with E-state index in [-0.39, 0.29) is 6.54 Å². The highest BCUT2D eigenvalue weighted by Gasteiger charge is 2.29. The molecular formula is C10H18N2O5. The van der Waals surface area contributed by atoms with Crippen LogP contribution in [0.2, 0.25) is 0 Å². The molecule has 1 heterocycles. The van der Waals surface area contributed by atoms with Gasteiger partial charge in [-0.25, -0.2) is 9.59 Å². The van der Waals surface area contributed by atoms with Gasteiger partial charge in [-0.3, -0.25) is 0 Å². The zero-order chi connectivity index (χ0) is 12.9. The third kappa shape index (κ3) is 4.58. The molecule has 0 aliphatic carbocycles. The molecule has 98 valence electrons. The van der Waals surface area contributed by atoms with Crippen molar-refractivity contribution in [2.24, 2.45) is 0 Å². The van der Waals surface area contributed by atoms with Gasteiger partial charge in [-0.15, -0.1) is 0 Å². The van der Waals surface area contributed by atoms with E-state index in [9.17, 15) is 9.59 Å². The number of hydrogen-bond acceptors (Lipinski definition) is 4. The average Bonchev–Trinajstić information content (AvgIpc) is 2.26. The third-order valence-electron chi connectivity index (χ3n) is 2.59. The van der Waals surface area contributed by atoms with Crippen molar-refractivity contribution in [1.82, 2.24) is 10.6 Å². The molecule has 0 radical (unpaired) electrons. The van der Waals surface area contributed by atoms with Crippen LogP contribution in [0.15, 0.2) is 0 Å². The highest BCUT2D eigenvalue weighted by molar-refractivity contribution is 5.77. The van der Waals surface area contributed by atoms with Crippen LogP contribution in [0.25, 0.3) is 0 Å². The number of nitrogens with one attached hydrogen (secondary N) is 2. The zero-order valence-electron chi connectivity index (χ0n) is 9.73. The molecule has 7 heteroatoms. The average molecular weight is 246 g/mol. The van der Waals surface area contributed by atoms with Crippen LogP contribution < -0.4 is 10.6 Å². The van der Waals surface area contributed by atoms with Crippen LogP contribution in [-0.4, -0.2) is 53.6 Å². The summed E-state index contributed by atoms with van der Waals surface area (Å²) in [5.41, 5.74) is -0.434. The van der Waals surface area contributed by atoms with Crippen molar-refractivity contribution in [2.75, 3.05) is 19.8 Å². The maximum absolute atomic E-state index is 11.5. The molecule has 1 aliphatic heterocycles. The molecule has 1 saturated heterocycles. The first kappa shape index (κ1) is 13.7. The molecule has 2 atom stereocenters. The topological polar surface area (TPSA) is 108 Å². The minimum Gasteiger partial charge on any atom is -0.479 e. The van der Waals surface area contributed by atoms with Crippen LogP contribution in [-0.2, 0) is 9.53 Å². The Labute approximate surface area is 99.1 Å². The van der Waals surface area contributed by atoms with E-state index in [4.69, 9.17) is 14.9 Å². The van der Waals surface area contributed by atoms with Gasteiger partial charge >= 0.3 is 12.0 Å². The number of ether oxygens (including phenoxy) is 1. The van der Waals surface area contributed by atoms with E-state index in [2.05, 4.69) is 10.6 Å². The van der Waals surface area contributed by atoms with Crippen LogP contribution in [0.3, 0.4) is 0 Å². The summed E-state index contributed by atoms with van der Waals surface area (Å²) >= 11 is 0. The second-order valence-electron chi connectivity index (χ2n) is 4.41. The fourth-order valence-electron chi connectivity index (χ4n) is 1.63. The highest BCUT2D eigenvalue weighted by Crippen LogP contribution is 2.17. The van der Waals surface area contributed by atoms with Gasteiger partial charge in [0, 0.05) is 6.61 Å². The van der Waals surface area contributed by atoms with Crippen molar-refractivity contribution < 1.29 is 24.5 Å². The fourth-order valence-corrected chi connectivity index (χ4v) is 1.63. The van der Waals surface area contributed by atoms with Gasteiger partial charge in [0.25, 0.3) is 0 Å². The first-order valence-corrected chi connectivity index (χ1v) is 5.47. The Hall–Kier alpha value is -1.34. The van der Waals surface area contributed by atoms with Gasteiger partial charge in [0.1, 0.15) is 0 Å². The Kier molecular flexibility index (Phi) is 4.71. The second kappa shape index (κ2) is 5.83. The molecule has 4 N–H and O–H groups in total. The maximum atomic E-state index is 11.5. The van der Waals surface area contributed by atoms with Crippen molar-refractivity contribution >= 4 is 12.0 Å². The molecule has 0 saturated carbocycles. The summed E-state index contributed by atoms with van der Waals surface area (Å²) in [6, 6.07) is -0.502. The lowest BCUT2D eigenvalue weighted by atomic mass is 9.95. The van der Waals surface area contributed by atoms with Crippen molar-refractivity contribution in [3.63, 3.8) is 0 Å². The molecule has 1 aliphatic rings. The minimum atomic E-state index is -1.59. The lowest BCUT2D eigenvalue weighted by Crippen LogP contribution is -2.55. The largest absolute Gasteiger partial charge is 0.479 e. The number of urea groups is 1. The molecule has 1 unspecified atom stereocenters. The molecule has 17 heavy (non-hydrogen) atoms. The molecular weight excluding hydrogens is 228 g/mol. The van der Waals surface area contributed by atoms with Gasteiger partial charge in [-0.05, 0) is 19.8 Å². The third-order valence-corrected chi connectivity index (χ3v) is 2.59. The molecule has 0 spiro atoms. The standard InChI is InChI=1S/C10H18N2O5/c1-10(3-2-4-17-6-10)12-9(16)11-5-7(13)8(14)15/h7,13H,2-6H2,1H3,(H,14,15)(H2,11,12,16)/t7-,10?/m0/s1. The smallest absolute Gasteiger partial charge is 0.334 e. The quantitative estimate of drug-likeness (QED) is 0.524. The Balaban J connectivity index is 2.31. The summed E-state index contributed by atoms with van der Waals surface area (Å²) in [5.74, 6) is -1.36. The van der Waals surface area contributed by atoms with E-state index in [0.29, 0.717) is 13.2 Å². The predicted molar refractivity (Wildman–Crippen MR) is 58.6 cm³/mol. The number of rotatable bonds is 4. The van der Waals surface area contributed by atoms with Crippen molar-refractivity contribution in [1.29, 1.82) is 0 Å². The molecule has 2 amide bonds. The van der Waals surface area contributed by atoms with Crippen LogP contribution in [0, 0.1) is 0 Å². The maximum Gasteiger partial charge on any atom is 0.334 e. The normalized spacial score (nSPS) is 26.0. The minimum absolute atomic E-state index is 0.321. The van der Waals surface area contributed by atoms with E-state index >= 15 is 0 Å². The van der Waals surface area contributed by atoms with Gasteiger partial charge in [0.15, 0.2) is 6.10 Å². The second-order valence-corrected chi connectivity index (χ2v) is 4.41. The number of carbonyl (C=O) groups excluding carboxylic acids is 1. The van der Waals surface area contributed by atoms with Gasteiger partial charge in [0.2, 0.25) is 0 Å². The Morgan fingerprint density at radius 1 is 1.53 bits per heavy atom. The molecule has 0 bridgehead atoms. The molecule has 0 aromatic carbocycles. The lowest BCUT2D eigenvalue weighted by molar-refractivity contribution is -0.146. The van der Waals surface area contributed by atoms with Gasteiger partial charge in [-0.2, -0.15) is 0 Å². The number of amides is 2. The summed E-state index contributed by atoms with van der Waals surface area (Å²) in [6.45, 7) is 2.66. The first-order valence-electron chi connectivity index (χ1n) is 5.47. The number of carbonyl (C=O) groups is 2. The van der Waals surface area contributed by atoms with E-state index < -0.39 is 23.6 Å². The van der Waals surface area contributed by atoms with Crippen LogP contribution >= 0.6 is 0 Å². The predicted octanol–water partition coefficient (Wildman–Crippen LogP) is -0.700. The van der Waals surface area contributed by atoms with Gasteiger partial charge in [0.05, 0.1) is 18.7 Å². The van der Waals surface area contributed by atoms with Crippen LogP contribution in [0.5, 0.6) is 0 Å². The number of carboxylic acid groups (broad SMARTS) is 1. The summed E-state index contributed by atoms with van der Waals surface area (Å²) in [5, 5.41) is 22.4. The Bertz CT molecular complexity index is 288. The number of aliphatic hydroxyl groups excluding tert-OH is 1. The lowest BCUT2D eigenvalue weighted by Gasteiger charge is -2.34. The molecule has 0 aromatic heterocycles. The highest BCUT2D eigenvalue weighted by atomic mass is 16.5. The SMILES string of the molecule is CC1(NC(=O)NC[C@H](O)C(=O)O)CCCOC1. The zero-order valence-corrected chi connectivity index (χ0v) is 9.73.